The molecule has 1 aromatic carbocycles. The number of nitro groups is 1. The van der Waals surface area contributed by atoms with Crippen molar-refractivity contribution in [1.29, 1.82) is 5.41 Å². The van der Waals surface area contributed by atoms with Gasteiger partial charge in [-0.3, -0.25) is 9.59 Å². The Labute approximate surface area is 131 Å². The first-order valence-corrected chi connectivity index (χ1v) is 6.03. The number of carboxylic acids is 1. The van der Waals surface area contributed by atoms with Crippen molar-refractivity contribution in [3.05, 3.63) is 64.7 Å². The summed E-state index contributed by atoms with van der Waals surface area (Å²) in [6.45, 7) is 2.15. The van der Waals surface area contributed by atoms with Gasteiger partial charge < -0.3 is 15.8 Å². The number of imidazole rings is 1. The minimum Gasteiger partial charge on any atom is -0.480 e. The molecule has 0 saturated heterocycles. The van der Waals surface area contributed by atoms with Gasteiger partial charge in [0, 0.05) is 5.56 Å². The Morgan fingerprint density at radius 1 is 1.35 bits per heavy atom. The van der Waals surface area contributed by atoms with E-state index in [-0.39, 0.29) is 12.5 Å². The molecule has 0 aliphatic rings. The van der Waals surface area contributed by atoms with E-state index in [0.717, 1.165) is 11.0 Å². The second-order valence-corrected chi connectivity index (χ2v) is 3.62. The Morgan fingerprint density at radius 3 is 2.35 bits per heavy atom. The summed E-state index contributed by atoms with van der Waals surface area (Å²) >= 11 is 0. The molecule has 2 aromatic rings. The van der Waals surface area contributed by atoms with Gasteiger partial charge in [0.25, 0.3) is 5.91 Å². The van der Waals surface area contributed by atoms with Crippen LogP contribution in [0.25, 0.3) is 0 Å². The number of aromatic nitrogens is 2. The average Bonchev–Trinajstić information content (AvgIpc) is 3.11. The van der Waals surface area contributed by atoms with Gasteiger partial charge >= 0.3 is 5.97 Å². The molecule has 2 rings (SSSR count). The largest absolute Gasteiger partial charge is 0.480 e. The van der Waals surface area contributed by atoms with Crippen molar-refractivity contribution in [3.8, 4) is 0 Å². The number of hydrogen-bond donors (Lipinski definition) is 3. The Balaban J connectivity index is 0.000000414. The molecule has 0 spiro atoms. The van der Waals surface area contributed by atoms with Crippen LogP contribution in [0.15, 0.2) is 49.1 Å². The lowest BCUT2D eigenvalue weighted by atomic mass is 10.2. The summed E-state index contributed by atoms with van der Waals surface area (Å²) in [7, 11) is 0. The molecule has 1 heterocycles. The van der Waals surface area contributed by atoms with Crippen LogP contribution in [0.4, 0.5) is 0 Å². The summed E-state index contributed by atoms with van der Waals surface area (Å²) in [5, 5.41) is 25.3. The molecule has 122 valence electrons. The molecule has 10 heteroatoms. The van der Waals surface area contributed by atoms with E-state index >= 15 is 0 Å². The van der Waals surface area contributed by atoms with E-state index < -0.39 is 11.0 Å². The Hall–Kier alpha value is -3.56. The predicted molar refractivity (Wildman–Crippen MR) is 80.9 cm³/mol. The maximum atomic E-state index is 11.2. The first kappa shape index (κ1) is 19.4. The first-order chi connectivity index (χ1) is 11.0. The van der Waals surface area contributed by atoms with Crippen LogP contribution in [0, 0.1) is 15.5 Å². The number of nitrogens with one attached hydrogen (secondary N) is 2. The number of rotatable bonds is 4. The SMILES string of the molecule is C=N.O=C(O)CNC(=O)c1ccccc1.O=[N+]([O-])n1ccnc1. The Morgan fingerprint density at radius 2 is 1.96 bits per heavy atom. The molecule has 23 heavy (non-hydrogen) atoms. The molecule has 0 aliphatic heterocycles. The normalized spacial score (nSPS) is 8.52. The number of carboxylic acid groups (broad SMARTS) is 1. The number of aliphatic carboxylic acids is 1. The quantitative estimate of drug-likeness (QED) is 0.428. The zero-order valence-corrected chi connectivity index (χ0v) is 12.0. The van der Waals surface area contributed by atoms with Crippen molar-refractivity contribution in [2.45, 2.75) is 0 Å². The van der Waals surface area contributed by atoms with Crippen molar-refractivity contribution in [2.24, 2.45) is 0 Å². The van der Waals surface area contributed by atoms with Crippen molar-refractivity contribution >= 4 is 18.6 Å². The van der Waals surface area contributed by atoms with Crippen LogP contribution in [-0.4, -0.2) is 44.9 Å². The van der Waals surface area contributed by atoms with E-state index in [4.69, 9.17) is 10.5 Å². The van der Waals surface area contributed by atoms with Crippen LogP contribution >= 0.6 is 0 Å². The molecule has 1 aromatic heterocycles. The van der Waals surface area contributed by atoms with E-state index in [1.807, 2.05) is 0 Å². The number of nitrogens with zero attached hydrogens (tertiary/aromatic N) is 3. The molecule has 1 amide bonds. The third kappa shape index (κ3) is 8.34. The van der Waals surface area contributed by atoms with Gasteiger partial charge in [0.1, 0.15) is 6.54 Å². The second-order valence-electron chi connectivity index (χ2n) is 3.62. The Kier molecular flexibility index (Phi) is 9.41. The number of carbonyl (C=O) groups is 2. The van der Waals surface area contributed by atoms with Crippen molar-refractivity contribution in [1.82, 2.24) is 15.0 Å². The molecular formula is C13H15N5O5. The van der Waals surface area contributed by atoms with Crippen LogP contribution in [-0.2, 0) is 4.79 Å². The van der Waals surface area contributed by atoms with Gasteiger partial charge in [-0.15, -0.1) is 0 Å². The average molecular weight is 321 g/mol. The molecule has 0 bridgehead atoms. The van der Waals surface area contributed by atoms with Crippen LogP contribution in [0.3, 0.4) is 0 Å². The van der Waals surface area contributed by atoms with E-state index in [0.29, 0.717) is 5.56 Å². The third-order valence-electron chi connectivity index (χ3n) is 2.12. The monoisotopic (exact) mass is 321 g/mol. The van der Waals surface area contributed by atoms with Gasteiger partial charge in [-0.05, 0) is 18.9 Å². The van der Waals surface area contributed by atoms with Crippen molar-refractivity contribution in [3.63, 3.8) is 0 Å². The lowest BCUT2D eigenvalue weighted by Crippen LogP contribution is -2.29. The molecule has 0 unspecified atom stereocenters. The zero-order chi connectivity index (χ0) is 17.7. The summed E-state index contributed by atoms with van der Waals surface area (Å²) in [5.41, 5.74) is 0.462. The van der Waals surface area contributed by atoms with E-state index in [2.05, 4.69) is 17.0 Å². The number of hydrogen-bond acceptors (Lipinski definition) is 6. The highest BCUT2D eigenvalue weighted by atomic mass is 16.7. The summed E-state index contributed by atoms with van der Waals surface area (Å²) in [6.07, 6.45) is 3.74. The van der Waals surface area contributed by atoms with Gasteiger partial charge in [0.15, 0.2) is 11.4 Å². The summed E-state index contributed by atoms with van der Waals surface area (Å²) in [5.74, 6) is -1.42. The van der Waals surface area contributed by atoms with E-state index in [1.165, 1.54) is 12.4 Å². The summed E-state index contributed by atoms with van der Waals surface area (Å²) in [6, 6.07) is 8.47. The minimum atomic E-state index is -1.05. The zero-order valence-electron chi connectivity index (χ0n) is 12.0. The molecule has 0 saturated carbocycles. The molecule has 0 fully saturated rings. The minimum absolute atomic E-state index is 0.353. The van der Waals surface area contributed by atoms with Crippen LogP contribution in [0.2, 0.25) is 0 Å². The highest BCUT2D eigenvalue weighted by Gasteiger charge is 2.04. The van der Waals surface area contributed by atoms with Gasteiger partial charge in [0.05, 0.1) is 12.4 Å². The molecule has 0 aliphatic carbocycles. The molecule has 10 nitrogen and oxygen atoms in total. The fraction of sp³-hybridized carbons (Fsp3) is 0.0769. The first-order valence-electron chi connectivity index (χ1n) is 6.03. The second kappa shape index (κ2) is 11.1. The van der Waals surface area contributed by atoms with E-state index in [9.17, 15) is 19.7 Å². The third-order valence-corrected chi connectivity index (χ3v) is 2.12. The molecule has 3 N–H and O–H groups in total. The lowest BCUT2D eigenvalue weighted by molar-refractivity contribution is -0.542. The topological polar surface area (TPSA) is 151 Å². The number of benzene rings is 1. The van der Waals surface area contributed by atoms with Gasteiger partial charge in [-0.2, -0.15) is 0 Å². The van der Waals surface area contributed by atoms with Crippen molar-refractivity contribution < 1.29 is 19.7 Å². The standard InChI is InChI=1S/C9H9NO3.C3H3N3O2.CH3N/c11-8(12)6-10-9(13)7-4-2-1-3-5-7;7-6(8)5-2-1-4-3-5;1-2/h1-5H,6H2,(H,10,13)(H,11,12);1-3H;2H,1H2. The molecule has 0 radical (unpaired) electrons. The Bertz CT molecular complexity index is 615. The predicted octanol–water partition coefficient (Wildman–Crippen LogP) is 0.690. The molecular weight excluding hydrogens is 306 g/mol. The number of amides is 1. The fourth-order valence-electron chi connectivity index (χ4n) is 1.20. The fourth-order valence-corrected chi connectivity index (χ4v) is 1.20. The highest BCUT2D eigenvalue weighted by Crippen LogP contribution is 1.96. The summed E-state index contributed by atoms with van der Waals surface area (Å²) < 4.78 is 0.778. The smallest absolute Gasteiger partial charge is 0.322 e. The lowest BCUT2D eigenvalue weighted by Gasteiger charge is -2.00. The maximum Gasteiger partial charge on any atom is 0.322 e. The van der Waals surface area contributed by atoms with Crippen LogP contribution in [0.1, 0.15) is 10.4 Å². The van der Waals surface area contributed by atoms with Crippen molar-refractivity contribution in [2.75, 3.05) is 6.54 Å². The number of carbonyl (C=O) groups excluding carboxylic acids is 1. The maximum absolute atomic E-state index is 11.2. The summed E-state index contributed by atoms with van der Waals surface area (Å²) in [4.78, 5) is 34.6. The van der Waals surface area contributed by atoms with E-state index in [1.54, 1.807) is 30.3 Å². The van der Waals surface area contributed by atoms with Crippen LogP contribution < -0.4 is 5.32 Å². The highest BCUT2D eigenvalue weighted by molar-refractivity contribution is 5.95. The van der Waals surface area contributed by atoms with Gasteiger partial charge in [-0.1, -0.05) is 22.9 Å². The van der Waals surface area contributed by atoms with Gasteiger partial charge in [0.2, 0.25) is 0 Å². The van der Waals surface area contributed by atoms with Gasteiger partial charge in [-0.25, -0.2) is 15.1 Å². The van der Waals surface area contributed by atoms with Crippen LogP contribution in [0.5, 0.6) is 0 Å². The molecule has 0 atom stereocenters.